The van der Waals surface area contributed by atoms with Crippen molar-refractivity contribution in [2.45, 2.75) is 13.8 Å². The average Bonchev–Trinajstić information content (AvgIpc) is 2.80. The van der Waals surface area contributed by atoms with Crippen molar-refractivity contribution in [3.8, 4) is 11.6 Å². The van der Waals surface area contributed by atoms with Crippen molar-refractivity contribution in [3.63, 3.8) is 0 Å². The molecule has 0 aliphatic rings. The Hall–Kier alpha value is -2.89. The third-order valence-electron chi connectivity index (χ3n) is 3.12. The van der Waals surface area contributed by atoms with Gasteiger partial charge in [-0.05, 0) is 43.7 Å². The lowest BCUT2D eigenvalue weighted by atomic mass is 10.1. The van der Waals surface area contributed by atoms with E-state index in [2.05, 4.69) is 10.1 Å². The van der Waals surface area contributed by atoms with Crippen molar-refractivity contribution in [3.05, 3.63) is 53.5 Å². The number of benzene rings is 1. The summed E-state index contributed by atoms with van der Waals surface area (Å²) < 4.78 is 7.45. The van der Waals surface area contributed by atoms with Gasteiger partial charge in [0.15, 0.2) is 0 Å². The number of aromatic carboxylic acids is 1. The molecule has 3 aromatic rings. The van der Waals surface area contributed by atoms with Crippen LogP contribution in [-0.2, 0) is 0 Å². The van der Waals surface area contributed by atoms with Gasteiger partial charge in [-0.1, -0.05) is 0 Å². The predicted octanol–water partition coefficient (Wildman–Crippen LogP) is 2.84. The van der Waals surface area contributed by atoms with Crippen molar-refractivity contribution >= 4 is 11.5 Å². The van der Waals surface area contributed by atoms with Crippen molar-refractivity contribution in [1.29, 1.82) is 0 Å². The topological polar surface area (TPSA) is 76.7 Å². The molecule has 0 atom stereocenters. The second-order valence-corrected chi connectivity index (χ2v) is 4.73. The van der Waals surface area contributed by atoms with E-state index >= 15 is 0 Å². The fraction of sp³-hybridized carbons (Fsp3) is 0.133. The van der Waals surface area contributed by atoms with E-state index in [4.69, 9.17) is 9.84 Å². The molecule has 0 amide bonds. The van der Waals surface area contributed by atoms with E-state index in [0.29, 0.717) is 17.2 Å². The zero-order chi connectivity index (χ0) is 15.0. The summed E-state index contributed by atoms with van der Waals surface area (Å²) in [6.45, 7) is 3.62. The first-order chi connectivity index (χ1) is 10.0. The molecule has 6 nitrogen and oxygen atoms in total. The molecule has 106 valence electrons. The van der Waals surface area contributed by atoms with E-state index in [0.717, 1.165) is 11.2 Å². The Morgan fingerprint density at radius 2 is 2.10 bits per heavy atom. The van der Waals surface area contributed by atoms with Gasteiger partial charge in [0.05, 0.1) is 11.3 Å². The molecule has 0 fully saturated rings. The Labute approximate surface area is 120 Å². The summed E-state index contributed by atoms with van der Waals surface area (Å²) in [7, 11) is 0. The Kier molecular flexibility index (Phi) is 3.06. The maximum atomic E-state index is 11.0. The van der Waals surface area contributed by atoms with E-state index in [1.54, 1.807) is 36.0 Å². The Bertz CT molecular complexity index is 839. The van der Waals surface area contributed by atoms with Gasteiger partial charge in [0.25, 0.3) is 0 Å². The molecule has 21 heavy (non-hydrogen) atoms. The van der Waals surface area contributed by atoms with Crippen LogP contribution in [0.2, 0.25) is 0 Å². The third kappa shape index (κ3) is 2.43. The lowest BCUT2D eigenvalue weighted by Crippen LogP contribution is -2.00. The van der Waals surface area contributed by atoms with Crippen LogP contribution in [0.25, 0.3) is 5.52 Å². The van der Waals surface area contributed by atoms with E-state index in [-0.39, 0.29) is 5.56 Å². The number of carboxylic acids is 1. The summed E-state index contributed by atoms with van der Waals surface area (Å²) in [5.41, 5.74) is 2.52. The Balaban J connectivity index is 1.99. The van der Waals surface area contributed by atoms with Crippen LogP contribution in [-0.4, -0.2) is 25.7 Å². The van der Waals surface area contributed by atoms with E-state index in [1.807, 2.05) is 13.0 Å². The molecular weight excluding hydrogens is 270 g/mol. The number of ether oxygens (including phenoxy) is 1. The van der Waals surface area contributed by atoms with Gasteiger partial charge in [-0.15, -0.1) is 0 Å². The molecular formula is C15H13N3O3. The number of nitrogens with zero attached hydrogens (tertiary/aromatic N) is 3. The minimum Gasteiger partial charge on any atom is -0.478 e. The molecule has 1 N–H and O–H groups in total. The maximum absolute atomic E-state index is 11.0. The van der Waals surface area contributed by atoms with Gasteiger partial charge in [0.1, 0.15) is 11.3 Å². The standard InChI is InChI=1S/C15H13N3O3/c1-9-7-11(3-4-12(9)15(19)20)21-14-13-8-10(2)17-18(13)6-5-16-14/h3-8H,1-2H3,(H,19,20). The zero-order valence-corrected chi connectivity index (χ0v) is 11.6. The molecule has 1 aromatic carbocycles. The first kappa shape index (κ1) is 13.1. The fourth-order valence-electron chi connectivity index (χ4n) is 2.15. The highest BCUT2D eigenvalue weighted by atomic mass is 16.5. The minimum atomic E-state index is -0.953. The van der Waals surface area contributed by atoms with Crippen LogP contribution in [0.5, 0.6) is 11.6 Å². The molecule has 0 saturated carbocycles. The van der Waals surface area contributed by atoms with Crippen molar-refractivity contribution in [2.75, 3.05) is 0 Å². The number of carboxylic acid groups (broad SMARTS) is 1. The summed E-state index contributed by atoms with van der Waals surface area (Å²) in [5.74, 6) is 0.0169. The molecule has 0 aliphatic heterocycles. The summed E-state index contributed by atoms with van der Waals surface area (Å²) in [4.78, 5) is 15.2. The quantitative estimate of drug-likeness (QED) is 0.799. The molecule has 6 heteroatoms. The third-order valence-corrected chi connectivity index (χ3v) is 3.12. The van der Waals surface area contributed by atoms with Crippen LogP contribution in [0.15, 0.2) is 36.7 Å². The predicted molar refractivity (Wildman–Crippen MR) is 75.9 cm³/mol. The molecule has 0 aliphatic carbocycles. The Morgan fingerprint density at radius 3 is 2.81 bits per heavy atom. The first-order valence-electron chi connectivity index (χ1n) is 6.37. The zero-order valence-electron chi connectivity index (χ0n) is 11.6. The highest BCUT2D eigenvalue weighted by Crippen LogP contribution is 2.26. The number of rotatable bonds is 3. The van der Waals surface area contributed by atoms with Crippen LogP contribution < -0.4 is 4.74 Å². The van der Waals surface area contributed by atoms with Gasteiger partial charge in [0.2, 0.25) is 5.88 Å². The van der Waals surface area contributed by atoms with Crippen molar-refractivity contribution < 1.29 is 14.6 Å². The van der Waals surface area contributed by atoms with Crippen LogP contribution in [0, 0.1) is 13.8 Å². The van der Waals surface area contributed by atoms with E-state index in [1.165, 1.54) is 6.07 Å². The second-order valence-electron chi connectivity index (χ2n) is 4.73. The highest BCUT2D eigenvalue weighted by molar-refractivity contribution is 5.89. The minimum absolute atomic E-state index is 0.258. The number of aryl methyl sites for hydroxylation is 2. The summed E-state index contributed by atoms with van der Waals surface area (Å²) >= 11 is 0. The summed E-state index contributed by atoms with van der Waals surface area (Å²) in [6, 6.07) is 6.69. The lowest BCUT2D eigenvalue weighted by molar-refractivity contribution is 0.0696. The Morgan fingerprint density at radius 1 is 1.29 bits per heavy atom. The first-order valence-corrected chi connectivity index (χ1v) is 6.37. The molecule has 0 unspecified atom stereocenters. The van der Waals surface area contributed by atoms with Crippen LogP contribution in [0.4, 0.5) is 0 Å². The van der Waals surface area contributed by atoms with Crippen LogP contribution in [0.3, 0.4) is 0 Å². The van der Waals surface area contributed by atoms with Gasteiger partial charge in [-0.25, -0.2) is 14.3 Å². The van der Waals surface area contributed by atoms with Gasteiger partial charge < -0.3 is 9.84 Å². The van der Waals surface area contributed by atoms with E-state index < -0.39 is 5.97 Å². The number of fused-ring (bicyclic) bond motifs is 1. The SMILES string of the molecule is Cc1cc2c(Oc3ccc(C(=O)O)c(C)c3)nccn2n1. The average molecular weight is 283 g/mol. The highest BCUT2D eigenvalue weighted by Gasteiger charge is 2.11. The molecule has 0 spiro atoms. The summed E-state index contributed by atoms with van der Waals surface area (Å²) in [5, 5.41) is 13.3. The molecule has 2 aromatic heterocycles. The van der Waals surface area contributed by atoms with Crippen LogP contribution >= 0.6 is 0 Å². The normalized spacial score (nSPS) is 10.8. The molecule has 0 bridgehead atoms. The number of aromatic nitrogens is 3. The molecule has 3 rings (SSSR count). The lowest BCUT2D eigenvalue weighted by Gasteiger charge is -2.08. The van der Waals surface area contributed by atoms with Gasteiger partial charge >= 0.3 is 5.97 Å². The number of hydrogen-bond acceptors (Lipinski definition) is 4. The fourth-order valence-corrected chi connectivity index (χ4v) is 2.15. The number of carbonyl (C=O) groups is 1. The van der Waals surface area contributed by atoms with Crippen molar-refractivity contribution in [2.24, 2.45) is 0 Å². The van der Waals surface area contributed by atoms with Gasteiger partial charge in [0, 0.05) is 12.4 Å². The monoisotopic (exact) mass is 283 g/mol. The second kappa shape index (κ2) is 4.90. The number of hydrogen-bond donors (Lipinski definition) is 1. The molecule has 0 saturated heterocycles. The van der Waals surface area contributed by atoms with Crippen LogP contribution in [0.1, 0.15) is 21.6 Å². The maximum Gasteiger partial charge on any atom is 0.335 e. The van der Waals surface area contributed by atoms with Gasteiger partial charge in [-0.2, -0.15) is 5.10 Å². The summed E-state index contributed by atoms with van der Waals surface area (Å²) in [6.07, 6.45) is 3.35. The van der Waals surface area contributed by atoms with Gasteiger partial charge in [-0.3, -0.25) is 0 Å². The molecule has 2 heterocycles. The van der Waals surface area contributed by atoms with E-state index in [9.17, 15) is 4.79 Å². The largest absolute Gasteiger partial charge is 0.478 e. The smallest absolute Gasteiger partial charge is 0.335 e. The van der Waals surface area contributed by atoms with Crippen molar-refractivity contribution in [1.82, 2.24) is 14.6 Å². The molecule has 0 radical (unpaired) electrons.